The van der Waals surface area contributed by atoms with E-state index >= 15 is 0 Å². The number of likely N-dealkylation sites (N-methyl/N-ethyl adjacent to an activating group) is 1. The van der Waals surface area contributed by atoms with Crippen molar-refractivity contribution in [3.63, 3.8) is 0 Å². The third-order valence-corrected chi connectivity index (χ3v) is 3.73. The van der Waals surface area contributed by atoms with Crippen LogP contribution in [-0.2, 0) is 9.53 Å². The Bertz CT molecular complexity index is 521. The summed E-state index contributed by atoms with van der Waals surface area (Å²) in [4.78, 5) is 24.7. The maximum atomic E-state index is 11.9. The van der Waals surface area contributed by atoms with Crippen LogP contribution < -0.4 is 10.6 Å². The van der Waals surface area contributed by atoms with Gasteiger partial charge in [-0.15, -0.1) is 0 Å². The molecule has 0 saturated carbocycles. The number of hydrogen-bond donors (Lipinski definition) is 2. The minimum absolute atomic E-state index is 0.0184. The van der Waals surface area contributed by atoms with Crippen molar-refractivity contribution >= 4 is 23.3 Å². The van der Waals surface area contributed by atoms with Crippen LogP contribution in [0.4, 0.5) is 18.0 Å². The zero-order valence-electron chi connectivity index (χ0n) is 13.4. The van der Waals surface area contributed by atoms with E-state index in [1.807, 2.05) is 35.8 Å². The number of nitrogens with one attached hydrogen (secondary N) is 2. The zero-order valence-corrected chi connectivity index (χ0v) is 14.2. The largest absolute Gasteiger partial charge is 0.440 e. The number of thiophene rings is 1. The molecule has 0 aliphatic rings. The molecule has 1 aromatic rings. The molecule has 1 atom stereocenters. The lowest BCUT2D eigenvalue weighted by Gasteiger charge is -2.24. The number of nitrogens with zero attached hydrogens (tertiary/aromatic N) is 1. The van der Waals surface area contributed by atoms with Gasteiger partial charge in [-0.2, -0.15) is 24.5 Å². The van der Waals surface area contributed by atoms with Gasteiger partial charge >= 0.3 is 12.3 Å². The van der Waals surface area contributed by atoms with Gasteiger partial charge in [0.2, 0.25) is 5.91 Å². The van der Waals surface area contributed by atoms with Gasteiger partial charge in [-0.3, -0.25) is 4.79 Å². The van der Waals surface area contributed by atoms with Gasteiger partial charge in [-0.1, -0.05) is 0 Å². The predicted molar refractivity (Wildman–Crippen MR) is 83.8 cm³/mol. The van der Waals surface area contributed by atoms with Crippen molar-refractivity contribution in [1.29, 1.82) is 0 Å². The highest BCUT2D eigenvalue weighted by Gasteiger charge is 2.29. The SMILES string of the molecule is CN(C)[C@H](CNC(=O)CCNC(=O)OCC(F)(F)F)c1ccsc1. The average Bonchev–Trinajstić information content (AvgIpc) is 2.98. The lowest BCUT2D eigenvalue weighted by molar-refractivity contribution is -0.160. The van der Waals surface area contributed by atoms with Gasteiger partial charge in [0, 0.05) is 19.5 Å². The molecule has 0 aliphatic carbocycles. The van der Waals surface area contributed by atoms with Crippen LogP contribution in [0.2, 0.25) is 0 Å². The van der Waals surface area contributed by atoms with E-state index in [0.29, 0.717) is 6.54 Å². The molecule has 24 heavy (non-hydrogen) atoms. The van der Waals surface area contributed by atoms with E-state index in [1.165, 1.54) is 0 Å². The average molecular weight is 367 g/mol. The molecule has 0 bridgehead atoms. The monoisotopic (exact) mass is 367 g/mol. The second kappa shape index (κ2) is 9.48. The minimum atomic E-state index is -4.57. The molecule has 0 spiro atoms. The first-order valence-electron chi connectivity index (χ1n) is 7.11. The molecule has 0 aliphatic heterocycles. The molecular formula is C14H20F3N3O3S. The summed E-state index contributed by atoms with van der Waals surface area (Å²) in [6.45, 7) is -1.37. The van der Waals surface area contributed by atoms with Crippen molar-refractivity contribution in [1.82, 2.24) is 15.5 Å². The van der Waals surface area contributed by atoms with Crippen LogP contribution >= 0.6 is 11.3 Å². The Labute approximate surface area is 142 Å². The van der Waals surface area contributed by atoms with Crippen LogP contribution in [0.15, 0.2) is 16.8 Å². The molecule has 1 rings (SSSR count). The molecule has 10 heteroatoms. The number of carbonyl (C=O) groups is 2. The number of alkyl carbamates (subject to hydrolysis) is 1. The van der Waals surface area contributed by atoms with Crippen LogP contribution in [0.5, 0.6) is 0 Å². The Hall–Kier alpha value is -1.81. The molecular weight excluding hydrogens is 347 g/mol. The quantitative estimate of drug-likeness (QED) is 0.739. The standard InChI is InChI=1S/C14H20F3N3O3S/c1-20(2)11(10-4-6-24-8-10)7-19-12(21)3-5-18-13(22)23-9-14(15,16)17/h4,6,8,11H,3,5,7,9H2,1-2H3,(H,18,22)(H,19,21)/t11-/m1/s1. The second-order valence-electron chi connectivity index (χ2n) is 5.21. The van der Waals surface area contributed by atoms with E-state index in [2.05, 4.69) is 15.4 Å². The van der Waals surface area contributed by atoms with E-state index in [9.17, 15) is 22.8 Å². The van der Waals surface area contributed by atoms with Gasteiger partial charge in [0.05, 0.1) is 6.04 Å². The van der Waals surface area contributed by atoms with E-state index < -0.39 is 18.9 Å². The Morgan fingerprint density at radius 1 is 1.33 bits per heavy atom. The van der Waals surface area contributed by atoms with Gasteiger partial charge in [0.1, 0.15) is 0 Å². The van der Waals surface area contributed by atoms with Gasteiger partial charge < -0.3 is 20.3 Å². The summed E-state index contributed by atoms with van der Waals surface area (Å²) in [7, 11) is 3.79. The van der Waals surface area contributed by atoms with Crippen molar-refractivity contribution in [3.8, 4) is 0 Å². The summed E-state index contributed by atoms with van der Waals surface area (Å²) < 4.78 is 39.5. The third kappa shape index (κ3) is 8.16. The maximum Gasteiger partial charge on any atom is 0.422 e. The summed E-state index contributed by atoms with van der Waals surface area (Å²) in [6.07, 6.45) is -5.83. The minimum Gasteiger partial charge on any atom is -0.440 e. The number of alkyl halides is 3. The smallest absolute Gasteiger partial charge is 0.422 e. The fraction of sp³-hybridized carbons (Fsp3) is 0.571. The number of rotatable bonds is 8. The molecule has 2 N–H and O–H groups in total. The topological polar surface area (TPSA) is 70.7 Å². The summed E-state index contributed by atoms with van der Waals surface area (Å²) in [6, 6.07) is 1.99. The van der Waals surface area contributed by atoms with E-state index in [-0.39, 0.29) is 24.9 Å². The van der Waals surface area contributed by atoms with Crippen molar-refractivity contribution < 1.29 is 27.5 Å². The molecule has 1 heterocycles. The predicted octanol–water partition coefficient (Wildman–Crippen LogP) is 2.15. The maximum absolute atomic E-state index is 11.9. The highest BCUT2D eigenvalue weighted by atomic mass is 32.1. The van der Waals surface area contributed by atoms with Crippen LogP contribution in [0.3, 0.4) is 0 Å². The summed E-state index contributed by atoms with van der Waals surface area (Å²) in [5, 5.41) is 8.77. The van der Waals surface area contributed by atoms with Crippen LogP contribution in [-0.4, -0.2) is 56.9 Å². The summed E-state index contributed by atoms with van der Waals surface area (Å²) in [5.41, 5.74) is 1.08. The number of halogens is 3. The highest BCUT2D eigenvalue weighted by Crippen LogP contribution is 2.19. The number of ether oxygens (including phenoxy) is 1. The van der Waals surface area contributed by atoms with Crippen LogP contribution in [0.1, 0.15) is 18.0 Å². The third-order valence-electron chi connectivity index (χ3n) is 3.03. The van der Waals surface area contributed by atoms with Gasteiger partial charge in [0.15, 0.2) is 6.61 Å². The molecule has 0 fully saturated rings. The molecule has 0 unspecified atom stereocenters. The Kier molecular flexibility index (Phi) is 7.99. The molecule has 0 radical (unpaired) electrons. The number of hydrogen-bond acceptors (Lipinski definition) is 5. The first-order chi connectivity index (χ1) is 11.2. The first-order valence-corrected chi connectivity index (χ1v) is 8.06. The molecule has 136 valence electrons. The summed E-state index contributed by atoms with van der Waals surface area (Å²) in [5.74, 6) is -0.312. The lowest BCUT2D eigenvalue weighted by atomic mass is 10.1. The van der Waals surface area contributed by atoms with Gasteiger partial charge in [-0.05, 0) is 36.5 Å². The van der Waals surface area contributed by atoms with Crippen molar-refractivity contribution in [3.05, 3.63) is 22.4 Å². The van der Waals surface area contributed by atoms with Gasteiger partial charge in [0.25, 0.3) is 0 Å². The lowest BCUT2D eigenvalue weighted by Crippen LogP contribution is -2.36. The fourth-order valence-electron chi connectivity index (χ4n) is 1.84. The first kappa shape index (κ1) is 20.2. The number of amides is 2. The Morgan fingerprint density at radius 3 is 2.58 bits per heavy atom. The highest BCUT2D eigenvalue weighted by molar-refractivity contribution is 7.07. The second-order valence-corrected chi connectivity index (χ2v) is 5.99. The number of carbonyl (C=O) groups excluding carboxylic acids is 2. The van der Waals surface area contributed by atoms with E-state index in [0.717, 1.165) is 5.56 Å². The van der Waals surface area contributed by atoms with Crippen LogP contribution in [0, 0.1) is 0 Å². The van der Waals surface area contributed by atoms with E-state index in [4.69, 9.17) is 0 Å². The van der Waals surface area contributed by atoms with Crippen LogP contribution in [0.25, 0.3) is 0 Å². The van der Waals surface area contributed by atoms with E-state index in [1.54, 1.807) is 11.3 Å². The zero-order chi connectivity index (χ0) is 18.2. The molecule has 6 nitrogen and oxygen atoms in total. The fourth-order valence-corrected chi connectivity index (χ4v) is 2.55. The summed E-state index contributed by atoms with van der Waals surface area (Å²) >= 11 is 1.56. The Balaban J connectivity index is 2.25. The molecule has 0 aromatic carbocycles. The van der Waals surface area contributed by atoms with Crippen molar-refractivity contribution in [2.75, 3.05) is 33.8 Å². The normalized spacial score (nSPS) is 12.8. The molecule has 1 aromatic heterocycles. The molecule has 0 saturated heterocycles. The van der Waals surface area contributed by atoms with Crippen molar-refractivity contribution in [2.24, 2.45) is 0 Å². The Morgan fingerprint density at radius 2 is 2.04 bits per heavy atom. The van der Waals surface area contributed by atoms with Crippen molar-refractivity contribution in [2.45, 2.75) is 18.6 Å². The van der Waals surface area contributed by atoms with Gasteiger partial charge in [-0.25, -0.2) is 4.79 Å². The molecule has 2 amide bonds.